The molecule has 0 aromatic heterocycles. The molecule has 1 aliphatic rings. The summed E-state index contributed by atoms with van der Waals surface area (Å²) in [5, 5.41) is 0.741. The molecule has 0 radical (unpaired) electrons. The fourth-order valence-electron chi connectivity index (χ4n) is 2.20. The van der Waals surface area contributed by atoms with Crippen LogP contribution in [0.2, 0.25) is 0 Å². The topological polar surface area (TPSA) is 38.8 Å². The first-order valence-electron chi connectivity index (χ1n) is 6.38. The maximum atomic E-state index is 13.3. The van der Waals surface area contributed by atoms with Crippen LogP contribution in [0.1, 0.15) is 48.0 Å². The summed E-state index contributed by atoms with van der Waals surface area (Å²) >= 11 is 0. The van der Waals surface area contributed by atoms with E-state index in [1.165, 1.54) is 0 Å². The number of hydrogen-bond acceptors (Lipinski definition) is 3. The van der Waals surface area contributed by atoms with Crippen molar-refractivity contribution in [1.29, 1.82) is 0 Å². The minimum atomic E-state index is -2.98. The van der Waals surface area contributed by atoms with Gasteiger partial charge in [0.15, 0.2) is 0 Å². The fraction of sp³-hybridized carbons (Fsp3) is 0.846. The van der Waals surface area contributed by atoms with Gasteiger partial charge in [-0.2, -0.15) is 0 Å². The summed E-state index contributed by atoms with van der Waals surface area (Å²) in [4.78, 5) is 0. The van der Waals surface area contributed by atoms with Gasteiger partial charge in [-0.3, -0.25) is 4.57 Å². The van der Waals surface area contributed by atoms with Crippen molar-refractivity contribution in [2.75, 3.05) is 13.7 Å². The molecule has 1 heterocycles. The van der Waals surface area contributed by atoms with Crippen molar-refractivity contribution < 1.29 is 13.8 Å². The molecule has 0 aromatic rings. The van der Waals surface area contributed by atoms with Gasteiger partial charge in [0.25, 0.3) is 0 Å². The molecule has 1 rings (SSSR count). The fourth-order valence-corrected chi connectivity index (χ4v) is 5.41. The molecule has 0 aliphatic carbocycles. The van der Waals surface area contributed by atoms with Crippen molar-refractivity contribution in [1.82, 2.24) is 4.67 Å². The molecule has 0 saturated carbocycles. The van der Waals surface area contributed by atoms with Crippen molar-refractivity contribution in [3.8, 4) is 0 Å². The van der Waals surface area contributed by atoms with E-state index in [1.54, 1.807) is 13.4 Å². The molecular weight excluding hydrogens is 249 g/mol. The number of rotatable bonds is 3. The first kappa shape index (κ1) is 15.7. The summed E-state index contributed by atoms with van der Waals surface area (Å²) in [6.45, 7) is 12.8. The van der Waals surface area contributed by atoms with Gasteiger partial charge in [0, 0.05) is 12.1 Å². The summed E-state index contributed by atoms with van der Waals surface area (Å²) in [5.41, 5.74) is -0.601. The highest BCUT2D eigenvalue weighted by atomic mass is 31.2. The Labute approximate surface area is 111 Å². The third-order valence-electron chi connectivity index (χ3n) is 2.97. The number of methoxy groups -OCH3 is 1. The van der Waals surface area contributed by atoms with Crippen LogP contribution in [0.15, 0.2) is 11.6 Å². The molecule has 106 valence electrons. The lowest BCUT2D eigenvalue weighted by Gasteiger charge is -2.35. The van der Waals surface area contributed by atoms with Crippen LogP contribution in [0.5, 0.6) is 0 Å². The van der Waals surface area contributed by atoms with Gasteiger partial charge < -0.3 is 9.26 Å². The van der Waals surface area contributed by atoms with Gasteiger partial charge >= 0.3 is 7.52 Å². The van der Waals surface area contributed by atoms with Gasteiger partial charge in [-0.25, -0.2) is 4.67 Å². The Bertz CT molecular complexity index is 382. The van der Waals surface area contributed by atoms with Crippen LogP contribution < -0.4 is 0 Å². The summed E-state index contributed by atoms with van der Waals surface area (Å²) < 4.78 is 26.2. The monoisotopic (exact) mass is 275 g/mol. The summed E-state index contributed by atoms with van der Waals surface area (Å²) in [6.07, 6.45) is 2.23. The average molecular weight is 275 g/mol. The normalized spacial score (nSPS) is 29.6. The molecule has 0 spiro atoms. The molecule has 0 aromatic carbocycles. The molecular formula is C13H26NO3P. The van der Waals surface area contributed by atoms with E-state index in [9.17, 15) is 4.57 Å². The van der Waals surface area contributed by atoms with Crippen molar-refractivity contribution in [3.63, 3.8) is 0 Å². The van der Waals surface area contributed by atoms with Gasteiger partial charge in [-0.15, -0.1) is 0 Å². The molecule has 0 bridgehead atoms. The van der Waals surface area contributed by atoms with Crippen LogP contribution in [-0.4, -0.2) is 29.5 Å². The second-order valence-corrected chi connectivity index (χ2v) is 8.58. The Hall–Kier alpha value is -0.310. The Balaban J connectivity index is 3.25. The highest BCUT2D eigenvalue weighted by Gasteiger charge is 2.53. The van der Waals surface area contributed by atoms with E-state index in [4.69, 9.17) is 9.26 Å². The van der Waals surface area contributed by atoms with Crippen molar-refractivity contribution >= 4 is 7.52 Å². The average Bonchev–Trinajstić information content (AvgIpc) is 2.45. The molecule has 1 atom stereocenters. The Morgan fingerprint density at radius 2 is 2.06 bits per heavy atom. The molecule has 5 heteroatoms. The number of allylic oxidation sites excluding steroid dienone is 1. The highest BCUT2D eigenvalue weighted by molar-refractivity contribution is 7.61. The highest BCUT2D eigenvalue weighted by Crippen LogP contribution is 2.68. The number of hydrogen-bond donors (Lipinski definition) is 0. The predicted molar refractivity (Wildman–Crippen MR) is 74.6 cm³/mol. The zero-order valence-corrected chi connectivity index (χ0v) is 13.5. The molecule has 1 aliphatic heterocycles. The van der Waals surface area contributed by atoms with Crippen LogP contribution >= 0.6 is 7.52 Å². The van der Waals surface area contributed by atoms with Crippen LogP contribution in [0, 0.1) is 0 Å². The largest absolute Gasteiger partial charge is 0.504 e. The minimum Gasteiger partial charge on any atom is -0.504 e. The molecule has 0 amide bonds. The lowest BCUT2D eigenvalue weighted by molar-refractivity contribution is 0.138. The second kappa shape index (κ2) is 4.99. The van der Waals surface area contributed by atoms with E-state index in [1.807, 2.05) is 25.4 Å². The molecule has 1 saturated heterocycles. The first-order chi connectivity index (χ1) is 8.07. The van der Waals surface area contributed by atoms with Gasteiger partial charge in [0.05, 0.1) is 24.3 Å². The quantitative estimate of drug-likeness (QED) is 0.576. The zero-order valence-electron chi connectivity index (χ0n) is 12.6. The maximum absolute atomic E-state index is 13.3. The summed E-state index contributed by atoms with van der Waals surface area (Å²) in [7, 11) is -1.41. The lowest BCUT2D eigenvalue weighted by Crippen LogP contribution is -2.39. The van der Waals surface area contributed by atoms with E-state index in [0.717, 1.165) is 5.31 Å². The zero-order chi connectivity index (χ0) is 14.2. The lowest BCUT2D eigenvalue weighted by atomic mass is 10.1. The summed E-state index contributed by atoms with van der Waals surface area (Å²) in [5.74, 6) is 0. The standard InChI is InChI=1S/C13H26NO3P/c1-8-11(9-16-7)18(15)14(12(2,3)4)10-13(5,6)17-18/h9H,8,10H2,1-7H3/b11-9+. The van der Waals surface area contributed by atoms with Crippen molar-refractivity contribution in [2.45, 2.75) is 59.1 Å². The van der Waals surface area contributed by atoms with Crippen LogP contribution in [0.4, 0.5) is 0 Å². The van der Waals surface area contributed by atoms with Gasteiger partial charge in [-0.05, 0) is 41.0 Å². The van der Waals surface area contributed by atoms with Crippen molar-refractivity contribution in [2.24, 2.45) is 0 Å². The molecule has 0 N–H and O–H groups in total. The smallest absolute Gasteiger partial charge is 0.302 e. The number of ether oxygens (including phenoxy) is 1. The molecule has 1 unspecified atom stereocenters. The maximum Gasteiger partial charge on any atom is 0.302 e. The molecule has 18 heavy (non-hydrogen) atoms. The Morgan fingerprint density at radius 3 is 2.44 bits per heavy atom. The van der Waals surface area contributed by atoms with Crippen molar-refractivity contribution in [3.05, 3.63) is 11.6 Å². The second-order valence-electron chi connectivity index (χ2n) is 6.30. The van der Waals surface area contributed by atoms with E-state index in [0.29, 0.717) is 13.0 Å². The van der Waals surface area contributed by atoms with E-state index >= 15 is 0 Å². The van der Waals surface area contributed by atoms with E-state index in [2.05, 4.69) is 20.8 Å². The summed E-state index contributed by atoms with van der Waals surface area (Å²) in [6, 6.07) is 0. The number of nitrogens with zero attached hydrogens (tertiary/aromatic N) is 1. The SMILES string of the molecule is CC/C(=C\OC)P1(=O)OC(C)(C)CN1C(C)(C)C. The van der Waals surface area contributed by atoms with Crippen LogP contribution in [0.3, 0.4) is 0 Å². The van der Waals surface area contributed by atoms with E-state index in [-0.39, 0.29) is 5.54 Å². The van der Waals surface area contributed by atoms with Gasteiger partial charge in [0.2, 0.25) is 0 Å². The van der Waals surface area contributed by atoms with Crippen LogP contribution in [0.25, 0.3) is 0 Å². The Kier molecular flexibility index (Phi) is 4.37. The first-order valence-corrected chi connectivity index (χ1v) is 7.96. The van der Waals surface area contributed by atoms with Gasteiger partial charge in [-0.1, -0.05) is 6.92 Å². The minimum absolute atomic E-state index is 0.203. The predicted octanol–water partition coefficient (Wildman–Crippen LogP) is 3.99. The van der Waals surface area contributed by atoms with Crippen LogP contribution in [-0.2, 0) is 13.8 Å². The molecule has 1 fully saturated rings. The Morgan fingerprint density at radius 1 is 1.50 bits per heavy atom. The third-order valence-corrected chi connectivity index (χ3v) is 6.24. The third kappa shape index (κ3) is 2.98. The van der Waals surface area contributed by atoms with E-state index < -0.39 is 13.1 Å². The molecule has 4 nitrogen and oxygen atoms in total. The van der Waals surface area contributed by atoms with Gasteiger partial charge in [0.1, 0.15) is 0 Å².